The number of hydrogen-bond donors (Lipinski definition) is 2. The number of hydrogen-bond acceptors (Lipinski definition) is 5. The summed E-state index contributed by atoms with van der Waals surface area (Å²) in [4.78, 5) is 35.3. The average Bonchev–Trinajstić information content (AvgIpc) is 2.70. The number of carbonyl (C=O) groups is 3. The first-order valence-corrected chi connectivity index (χ1v) is 9.50. The summed E-state index contributed by atoms with van der Waals surface area (Å²) in [5.41, 5.74) is 0.837. The highest BCUT2D eigenvalue weighted by atomic mass is 35.5. The minimum atomic E-state index is -0.523. The van der Waals surface area contributed by atoms with Crippen LogP contribution in [0.1, 0.15) is 23.2 Å². The lowest BCUT2D eigenvalue weighted by Gasteiger charge is -2.09. The van der Waals surface area contributed by atoms with Crippen molar-refractivity contribution in [1.29, 1.82) is 0 Å². The molecule has 0 fully saturated rings. The zero-order chi connectivity index (χ0) is 21.2. The molecule has 9 heteroatoms. The van der Waals surface area contributed by atoms with E-state index < -0.39 is 18.5 Å². The van der Waals surface area contributed by atoms with E-state index in [1.807, 2.05) is 0 Å². The number of nitrogens with one attached hydrogen (secondary N) is 2. The molecule has 7 nitrogen and oxygen atoms in total. The molecule has 2 amide bonds. The predicted octanol–water partition coefficient (Wildman–Crippen LogP) is 3.69. The zero-order valence-electron chi connectivity index (χ0n) is 15.7. The van der Waals surface area contributed by atoms with Gasteiger partial charge in [-0.1, -0.05) is 29.3 Å². The van der Waals surface area contributed by atoms with E-state index in [1.165, 1.54) is 13.1 Å². The minimum absolute atomic E-state index is 0.0879. The summed E-state index contributed by atoms with van der Waals surface area (Å²) in [6, 6.07) is 11.3. The van der Waals surface area contributed by atoms with Gasteiger partial charge in [0.25, 0.3) is 11.8 Å². The number of halogens is 2. The molecule has 2 rings (SSSR count). The van der Waals surface area contributed by atoms with Crippen LogP contribution in [0.2, 0.25) is 10.0 Å². The van der Waals surface area contributed by atoms with Crippen LogP contribution < -0.4 is 15.4 Å². The summed E-state index contributed by atoms with van der Waals surface area (Å²) >= 11 is 11.8. The first-order valence-electron chi connectivity index (χ1n) is 8.74. The van der Waals surface area contributed by atoms with Crippen LogP contribution in [0.25, 0.3) is 0 Å². The Bertz CT molecular complexity index is 889. The lowest BCUT2D eigenvalue weighted by molar-refractivity contribution is -0.147. The standard InChI is InChI=1S/C20H20Cl2N2O5/c1-23-20(27)13-4-2-5-15(10-13)24-18(25)12-29-19(26)6-3-9-28-17-8-7-14(21)11-16(17)22/h2,4-5,7-8,10-11H,3,6,9,12H2,1H3,(H,23,27)(H,24,25). The molecule has 29 heavy (non-hydrogen) atoms. The number of anilines is 1. The van der Waals surface area contributed by atoms with Gasteiger partial charge in [-0.2, -0.15) is 0 Å². The second-order valence-corrected chi connectivity index (χ2v) is 6.74. The summed E-state index contributed by atoms with van der Waals surface area (Å²) in [6.07, 6.45) is 0.484. The van der Waals surface area contributed by atoms with Crippen LogP contribution >= 0.6 is 23.2 Å². The summed E-state index contributed by atoms with van der Waals surface area (Å²) in [5.74, 6) is -0.820. The molecule has 0 radical (unpaired) electrons. The Morgan fingerprint density at radius 1 is 1.07 bits per heavy atom. The van der Waals surface area contributed by atoms with Crippen molar-refractivity contribution in [3.8, 4) is 5.75 Å². The average molecular weight is 439 g/mol. The van der Waals surface area contributed by atoms with E-state index in [9.17, 15) is 14.4 Å². The molecular weight excluding hydrogens is 419 g/mol. The van der Waals surface area contributed by atoms with Crippen molar-refractivity contribution in [3.05, 3.63) is 58.1 Å². The van der Waals surface area contributed by atoms with Crippen LogP contribution in [0, 0.1) is 0 Å². The SMILES string of the molecule is CNC(=O)c1cccc(NC(=O)COC(=O)CCCOc2ccc(Cl)cc2Cl)c1. The maximum absolute atomic E-state index is 11.9. The van der Waals surface area contributed by atoms with Crippen molar-refractivity contribution in [2.75, 3.05) is 25.6 Å². The molecule has 2 aromatic carbocycles. The molecule has 0 aromatic heterocycles. The molecule has 0 saturated heterocycles. The van der Waals surface area contributed by atoms with Gasteiger partial charge in [-0.25, -0.2) is 0 Å². The molecule has 0 bridgehead atoms. The molecule has 0 saturated carbocycles. The summed E-state index contributed by atoms with van der Waals surface area (Å²) in [5, 5.41) is 5.96. The smallest absolute Gasteiger partial charge is 0.306 e. The Balaban J connectivity index is 1.68. The Morgan fingerprint density at radius 2 is 1.86 bits per heavy atom. The lowest BCUT2D eigenvalue weighted by Crippen LogP contribution is -2.22. The first kappa shape index (κ1) is 22.5. The van der Waals surface area contributed by atoms with Crippen molar-refractivity contribution in [2.24, 2.45) is 0 Å². The number of carbonyl (C=O) groups excluding carboxylic acids is 3. The number of esters is 1. The Kier molecular flexibility index (Phi) is 8.76. The third kappa shape index (κ3) is 7.63. The van der Waals surface area contributed by atoms with Gasteiger partial charge in [0.15, 0.2) is 6.61 Å². The topological polar surface area (TPSA) is 93.7 Å². The second-order valence-electron chi connectivity index (χ2n) is 5.90. The molecule has 0 heterocycles. The van der Waals surface area contributed by atoms with Gasteiger partial charge in [0, 0.05) is 29.7 Å². The zero-order valence-corrected chi connectivity index (χ0v) is 17.2. The number of rotatable bonds is 9. The highest BCUT2D eigenvalue weighted by molar-refractivity contribution is 6.35. The van der Waals surface area contributed by atoms with Crippen LogP contribution in [0.3, 0.4) is 0 Å². The van der Waals surface area contributed by atoms with Gasteiger partial charge >= 0.3 is 5.97 Å². The number of ether oxygens (including phenoxy) is 2. The quantitative estimate of drug-likeness (QED) is 0.459. The highest BCUT2D eigenvalue weighted by Gasteiger charge is 2.10. The van der Waals surface area contributed by atoms with Crippen molar-refractivity contribution >= 4 is 46.7 Å². The van der Waals surface area contributed by atoms with Gasteiger partial charge in [0.05, 0.1) is 11.6 Å². The van der Waals surface area contributed by atoms with E-state index in [0.717, 1.165) is 0 Å². The molecular formula is C20H20Cl2N2O5. The molecule has 0 aliphatic rings. The van der Waals surface area contributed by atoms with Crippen molar-refractivity contribution in [2.45, 2.75) is 12.8 Å². The normalized spacial score (nSPS) is 10.2. The van der Waals surface area contributed by atoms with E-state index in [-0.39, 0.29) is 18.9 Å². The van der Waals surface area contributed by atoms with Crippen LogP contribution in [0.15, 0.2) is 42.5 Å². The van der Waals surface area contributed by atoms with Crippen molar-refractivity contribution in [3.63, 3.8) is 0 Å². The third-order valence-corrected chi connectivity index (χ3v) is 4.21. The van der Waals surface area contributed by atoms with Crippen molar-refractivity contribution in [1.82, 2.24) is 5.32 Å². The molecule has 0 unspecified atom stereocenters. The Hall–Kier alpha value is -2.77. The van der Waals surface area contributed by atoms with Crippen LogP contribution in [0.4, 0.5) is 5.69 Å². The maximum atomic E-state index is 11.9. The fourth-order valence-electron chi connectivity index (χ4n) is 2.29. The maximum Gasteiger partial charge on any atom is 0.306 e. The molecule has 0 spiro atoms. The van der Waals surface area contributed by atoms with Gasteiger partial charge in [-0.15, -0.1) is 0 Å². The van der Waals surface area contributed by atoms with Gasteiger partial charge in [-0.05, 0) is 42.8 Å². The highest BCUT2D eigenvalue weighted by Crippen LogP contribution is 2.27. The number of amides is 2. The van der Waals surface area contributed by atoms with Crippen LogP contribution in [-0.4, -0.2) is 38.0 Å². The Labute approximate surface area is 178 Å². The molecule has 2 N–H and O–H groups in total. The van der Waals surface area contributed by atoms with E-state index in [1.54, 1.807) is 36.4 Å². The number of benzene rings is 2. The molecule has 0 atom stereocenters. The van der Waals surface area contributed by atoms with Crippen molar-refractivity contribution < 1.29 is 23.9 Å². The fraction of sp³-hybridized carbons (Fsp3) is 0.250. The lowest BCUT2D eigenvalue weighted by atomic mass is 10.2. The van der Waals surface area contributed by atoms with E-state index >= 15 is 0 Å². The minimum Gasteiger partial charge on any atom is -0.492 e. The fourth-order valence-corrected chi connectivity index (χ4v) is 2.75. The van der Waals surface area contributed by atoms with Gasteiger partial charge < -0.3 is 20.1 Å². The monoisotopic (exact) mass is 438 g/mol. The first-order chi connectivity index (χ1) is 13.9. The molecule has 0 aliphatic carbocycles. The molecule has 0 aliphatic heterocycles. The molecule has 154 valence electrons. The van der Waals surface area contributed by atoms with Crippen LogP contribution in [0.5, 0.6) is 5.75 Å². The van der Waals surface area contributed by atoms with Crippen LogP contribution in [-0.2, 0) is 14.3 Å². The van der Waals surface area contributed by atoms with E-state index in [0.29, 0.717) is 33.5 Å². The van der Waals surface area contributed by atoms with Gasteiger partial charge in [0.1, 0.15) is 5.75 Å². The Morgan fingerprint density at radius 3 is 2.59 bits per heavy atom. The van der Waals surface area contributed by atoms with E-state index in [4.69, 9.17) is 32.7 Å². The summed E-state index contributed by atoms with van der Waals surface area (Å²) in [6.45, 7) is -0.165. The second kappa shape index (κ2) is 11.3. The largest absolute Gasteiger partial charge is 0.492 e. The predicted molar refractivity (Wildman–Crippen MR) is 111 cm³/mol. The van der Waals surface area contributed by atoms with Gasteiger partial charge in [0.2, 0.25) is 0 Å². The molecule has 2 aromatic rings. The third-order valence-electron chi connectivity index (χ3n) is 3.68. The van der Waals surface area contributed by atoms with E-state index in [2.05, 4.69) is 10.6 Å². The van der Waals surface area contributed by atoms with Gasteiger partial charge in [-0.3, -0.25) is 14.4 Å². The summed E-state index contributed by atoms with van der Waals surface area (Å²) < 4.78 is 10.4. The summed E-state index contributed by atoms with van der Waals surface area (Å²) in [7, 11) is 1.52.